The molecule has 44 valence electrons. The third-order valence-corrected chi connectivity index (χ3v) is 1.01. The number of rotatable bonds is 3. The van der Waals surface area contributed by atoms with E-state index in [1.54, 1.807) is 0 Å². The molecule has 0 aliphatic rings. The van der Waals surface area contributed by atoms with Crippen LogP contribution in [0.3, 0.4) is 0 Å². The molecule has 0 aliphatic heterocycles. The van der Waals surface area contributed by atoms with E-state index in [2.05, 4.69) is 4.52 Å². The minimum atomic E-state index is -0.588. The highest BCUT2D eigenvalue weighted by atomic mass is 31.0. The lowest BCUT2D eigenvalue weighted by Gasteiger charge is -2.03. The second-order valence-corrected chi connectivity index (χ2v) is 1.65. The maximum Gasteiger partial charge on any atom is 0.157 e. The Bertz CT molecular complexity index is 40.7. The van der Waals surface area contributed by atoms with Crippen LogP contribution in [0.4, 0.5) is 0 Å². The summed E-state index contributed by atoms with van der Waals surface area (Å²) in [7, 11) is 2.02. The van der Waals surface area contributed by atoms with Crippen LogP contribution in [0.1, 0.15) is 19.8 Å². The highest BCUT2D eigenvalue weighted by Crippen LogP contribution is 2.00. The van der Waals surface area contributed by atoms with Crippen molar-refractivity contribution in [3.05, 3.63) is 0 Å². The predicted octanol–water partition coefficient (Wildman–Crippen LogP) is 0.912. The normalized spacial score (nSPS) is 14.1. The smallest absolute Gasteiger partial charge is 0.157 e. The first-order chi connectivity index (χ1) is 3.31. The fourth-order valence-electron chi connectivity index (χ4n) is 0.315. The minimum Gasteiger partial charge on any atom is -0.368 e. The fraction of sp³-hybridized carbons (Fsp3) is 1.00. The third kappa shape index (κ3) is 4.20. The van der Waals surface area contributed by atoms with Gasteiger partial charge in [-0.1, -0.05) is 13.3 Å². The van der Waals surface area contributed by atoms with Crippen molar-refractivity contribution in [3.8, 4) is 0 Å². The molecule has 0 aliphatic carbocycles. The lowest BCUT2D eigenvalue weighted by molar-refractivity contribution is -0.00897. The Morgan fingerprint density at radius 3 is 2.57 bits per heavy atom. The molecule has 0 radical (unpaired) electrons. The van der Waals surface area contributed by atoms with Gasteiger partial charge in [-0.2, -0.15) is 0 Å². The van der Waals surface area contributed by atoms with Gasteiger partial charge >= 0.3 is 0 Å². The van der Waals surface area contributed by atoms with Gasteiger partial charge in [0.15, 0.2) is 6.29 Å². The van der Waals surface area contributed by atoms with Gasteiger partial charge in [-0.3, -0.25) is 0 Å². The van der Waals surface area contributed by atoms with E-state index in [0.717, 1.165) is 6.42 Å². The molecule has 0 heterocycles. The molecule has 7 heavy (non-hydrogen) atoms. The van der Waals surface area contributed by atoms with E-state index in [4.69, 9.17) is 5.11 Å². The topological polar surface area (TPSA) is 29.5 Å². The molecule has 0 amide bonds. The SMILES string of the molecule is CCCC(O)OP. The van der Waals surface area contributed by atoms with Gasteiger partial charge in [0.1, 0.15) is 0 Å². The summed E-state index contributed by atoms with van der Waals surface area (Å²) >= 11 is 0. The fourth-order valence-corrected chi connectivity index (χ4v) is 0.451. The largest absolute Gasteiger partial charge is 0.368 e. The first-order valence-corrected chi connectivity index (χ1v) is 2.82. The highest BCUT2D eigenvalue weighted by Gasteiger charge is 1.94. The second kappa shape index (κ2) is 4.51. The van der Waals surface area contributed by atoms with Crippen molar-refractivity contribution in [2.45, 2.75) is 26.1 Å². The maximum atomic E-state index is 8.61. The van der Waals surface area contributed by atoms with Crippen LogP contribution in [-0.4, -0.2) is 11.4 Å². The summed E-state index contributed by atoms with van der Waals surface area (Å²) in [5, 5.41) is 8.61. The first-order valence-electron chi connectivity index (χ1n) is 2.34. The van der Waals surface area contributed by atoms with Gasteiger partial charge in [0.05, 0.1) is 0 Å². The molecule has 0 aromatic rings. The van der Waals surface area contributed by atoms with E-state index in [1.165, 1.54) is 0 Å². The molecule has 0 spiro atoms. The van der Waals surface area contributed by atoms with E-state index >= 15 is 0 Å². The number of aliphatic hydroxyl groups is 1. The van der Waals surface area contributed by atoms with Gasteiger partial charge in [-0.05, 0) is 6.42 Å². The predicted molar refractivity (Wildman–Crippen MR) is 31.7 cm³/mol. The van der Waals surface area contributed by atoms with Crippen LogP contribution in [0, 0.1) is 0 Å². The Morgan fingerprint density at radius 1 is 1.86 bits per heavy atom. The van der Waals surface area contributed by atoms with Crippen LogP contribution in [-0.2, 0) is 4.52 Å². The molecule has 0 bridgehead atoms. The van der Waals surface area contributed by atoms with Gasteiger partial charge in [-0.15, -0.1) is 0 Å². The Morgan fingerprint density at radius 2 is 2.43 bits per heavy atom. The maximum absolute atomic E-state index is 8.61. The van der Waals surface area contributed by atoms with Gasteiger partial charge in [0.25, 0.3) is 0 Å². The molecule has 0 aromatic heterocycles. The summed E-state index contributed by atoms with van der Waals surface area (Å²) in [5.74, 6) is 0. The zero-order valence-electron chi connectivity index (χ0n) is 4.42. The zero-order valence-corrected chi connectivity index (χ0v) is 5.58. The molecule has 0 aromatic carbocycles. The molecule has 2 unspecified atom stereocenters. The monoisotopic (exact) mass is 122 g/mol. The number of hydrogen-bond acceptors (Lipinski definition) is 2. The van der Waals surface area contributed by atoms with Crippen molar-refractivity contribution < 1.29 is 9.63 Å². The zero-order chi connectivity index (χ0) is 5.70. The Hall–Kier alpha value is 0.350. The Kier molecular flexibility index (Phi) is 4.73. The van der Waals surface area contributed by atoms with Crippen LogP contribution in [0.25, 0.3) is 0 Å². The number of hydrogen-bond donors (Lipinski definition) is 1. The molecule has 0 rings (SSSR count). The average Bonchev–Trinajstić information content (AvgIpc) is 1.68. The van der Waals surface area contributed by atoms with Crippen LogP contribution >= 0.6 is 9.47 Å². The summed E-state index contributed by atoms with van der Waals surface area (Å²) in [6.45, 7) is 1.99. The number of aliphatic hydroxyl groups excluding tert-OH is 1. The summed E-state index contributed by atoms with van der Waals surface area (Å²) in [4.78, 5) is 0. The van der Waals surface area contributed by atoms with E-state index in [1.807, 2.05) is 16.4 Å². The van der Waals surface area contributed by atoms with Crippen LogP contribution in [0.5, 0.6) is 0 Å². The van der Waals surface area contributed by atoms with E-state index in [9.17, 15) is 0 Å². The van der Waals surface area contributed by atoms with Crippen molar-refractivity contribution in [1.29, 1.82) is 0 Å². The average molecular weight is 122 g/mol. The minimum absolute atomic E-state index is 0.588. The lowest BCUT2D eigenvalue weighted by atomic mass is 10.3. The summed E-state index contributed by atoms with van der Waals surface area (Å²) in [6.07, 6.45) is 1.08. The van der Waals surface area contributed by atoms with E-state index in [0.29, 0.717) is 6.42 Å². The molecular weight excluding hydrogens is 111 g/mol. The van der Waals surface area contributed by atoms with Crippen molar-refractivity contribution in [2.24, 2.45) is 0 Å². The molecule has 3 heteroatoms. The van der Waals surface area contributed by atoms with E-state index < -0.39 is 6.29 Å². The van der Waals surface area contributed by atoms with Crippen molar-refractivity contribution in [3.63, 3.8) is 0 Å². The molecule has 2 atom stereocenters. The first kappa shape index (κ1) is 7.35. The highest BCUT2D eigenvalue weighted by molar-refractivity contribution is 7.09. The van der Waals surface area contributed by atoms with E-state index in [-0.39, 0.29) is 0 Å². The molecule has 0 saturated heterocycles. The van der Waals surface area contributed by atoms with Gasteiger partial charge in [0.2, 0.25) is 0 Å². The third-order valence-electron chi connectivity index (χ3n) is 0.693. The lowest BCUT2D eigenvalue weighted by Crippen LogP contribution is -2.03. The van der Waals surface area contributed by atoms with Crippen molar-refractivity contribution in [2.75, 3.05) is 0 Å². The molecule has 0 saturated carbocycles. The standard InChI is InChI=1S/C4H11O2P/c1-2-3-4(5)6-7/h4-5H,2-3,7H2,1H3. The summed E-state index contributed by atoms with van der Waals surface area (Å²) < 4.78 is 4.46. The van der Waals surface area contributed by atoms with Crippen LogP contribution in [0.2, 0.25) is 0 Å². The molecule has 2 nitrogen and oxygen atoms in total. The molecule has 0 fully saturated rings. The molecule has 1 N–H and O–H groups in total. The van der Waals surface area contributed by atoms with Crippen LogP contribution < -0.4 is 0 Å². The van der Waals surface area contributed by atoms with Gasteiger partial charge in [0, 0.05) is 9.47 Å². The van der Waals surface area contributed by atoms with Crippen molar-refractivity contribution in [1.82, 2.24) is 0 Å². The quantitative estimate of drug-likeness (QED) is 0.445. The van der Waals surface area contributed by atoms with Gasteiger partial charge < -0.3 is 9.63 Å². The summed E-state index contributed by atoms with van der Waals surface area (Å²) in [5.41, 5.74) is 0. The van der Waals surface area contributed by atoms with Crippen LogP contribution in [0.15, 0.2) is 0 Å². The second-order valence-electron chi connectivity index (χ2n) is 1.38. The van der Waals surface area contributed by atoms with Gasteiger partial charge in [-0.25, -0.2) is 0 Å². The Balaban J connectivity index is 2.83. The Labute approximate surface area is 46.2 Å². The van der Waals surface area contributed by atoms with Crippen molar-refractivity contribution >= 4 is 9.47 Å². The summed E-state index contributed by atoms with van der Waals surface area (Å²) in [6, 6.07) is 0. The molecular formula is C4H11O2P.